The number of nitrogen functional groups attached to an aromatic ring is 1. The van der Waals surface area contributed by atoms with Crippen LogP contribution in [0.25, 0.3) is 5.57 Å². The molecule has 6 nitrogen and oxygen atoms in total. The van der Waals surface area contributed by atoms with Crippen molar-refractivity contribution in [3.05, 3.63) is 23.8 Å². The van der Waals surface area contributed by atoms with Crippen molar-refractivity contribution in [1.29, 1.82) is 5.26 Å². The predicted octanol–water partition coefficient (Wildman–Crippen LogP) is 2.53. The van der Waals surface area contributed by atoms with E-state index in [0.29, 0.717) is 32.6 Å². The first kappa shape index (κ1) is 16.5. The molecule has 2 N–H and O–H groups in total. The Morgan fingerprint density at radius 2 is 2.17 bits per heavy atom. The molecule has 2 aliphatic rings. The van der Waals surface area contributed by atoms with Gasteiger partial charge < -0.3 is 10.5 Å². The molecular formula is C17H20FN5O. The number of hydrogen-bond donors (Lipinski definition) is 1. The van der Waals surface area contributed by atoms with Crippen molar-refractivity contribution in [2.24, 2.45) is 10.4 Å². The van der Waals surface area contributed by atoms with Gasteiger partial charge in [0.2, 0.25) is 5.95 Å². The lowest BCUT2D eigenvalue weighted by atomic mass is 9.82. The van der Waals surface area contributed by atoms with Gasteiger partial charge in [-0.05, 0) is 43.8 Å². The lowest BCUT2D eigenvalue weighted by Gasteiger charge is -2.29. The topological polar surface area (TPSA) is 97.2 Å². The Bertz CT molecular complexity index is 716. The molecule has 0 amide bonds. The highest BCUT2D eigenvalue weighted by molar-refractivity contribution is 6.02. The minimum Gasteiger partial charge on any atom is -0.381 e. The Hall–Kier alpha value is -2.33. The molecule has 0 saturated carbocycles. The van der Waals surface area contributed by atoms with Crippen molar-refractivity contribution >= 4 is 17.2 Å². The molecule has 7 heteroatoms. The van der Waals surface area contributed by atoms with Crippen LogP contribution in [0.4, 0.5) is 10.3 Å². The summed E-state index contributed by atoms with van der Waals surface area (Å²) in [4.78, 5) is 12.3. The molecule has 1 fully saturated rings. The molecule has 0 bridgehead atoms. The van der Waals surface area contributed by atoms with Crippen molar-refractivity contribution < 1.29 is 9.13 Å². The Labute approximate surface area is 140 Å². The largest absolute Gasteiger partial charge is 0.381 e. The number of anilines is 1. The fraction of sp³-hybridized carbons (Fsp3) is 0.529. The van der Waals surface area contributed by atoms with Crippen LogP contribution in [0.1, 0.15) is 37.8 Å². The summed E-state index contributed by atoms with van der Waals surface area (Å²) >= 11 is 0. The van der Waals surface area contributed by atoms with Gasteiger partial charge in [-0.3, -0.25) is 4.99 Å². The van der Waals surface area contributed by atoms with Crippen molar-refractivity contribution in [3.63, 3.8) is 0 Å². The first-order chi connectivity index (χ1) is 11.6. The van der Waals surface area contributed by atoms with Gasteiger partial charge in [0.05, 0.1) is 24.2 Å². The number of aliphatic imine (C=N–C) groups is 1. The highest BCUT2D eigenvalue weighted by atomic mass is 19.1. The van der Waals surface area contributed by atoms with Gasteiger partial charge in [0.25, 0.3) is 0 Å². The molecule has 0 spiro atoms. The average molecular weight is 329 g/mol. The first-order valence-electron chi connectivity index (χ1n) is 8.13. The highest BCUT2D eigenvalue weighted by Crippen LogP contribution is 2.31. The molecule has 1 aliphatic carbocycles. The maximum atomic E-state index is 14.0. The molecule has 0 radical (unpaired) electrons. The number of nitriles is 1. The third-order valence-electron chi connectivity index (χ3n) is 4.56. The lowest BCUT2D eigenvalue weighted by molar-refractivity contribution is 0.0442. The summed E-state index contributed by atoms with van der Waals surface area (Å²) in [6, 6.07) is 2.41. The fourth-order valence-electron chi connectivity index (χ4n) is 3.04. The summed E-state index contributed by atoms with van der Waals surface area (Å²) in [6.07, 6.45) is 6.79. The number of rotatable bonds is 3. The van der Waals surface area contributed by atoms with Crippen molar-refractivity contribution in [2.45, 2.75) is 32.1 Å². The first-order valence-corrected chi connectivity index (χ1v) is 8.13. The van der Waals surface area contributed by atoms with E-state index in [1.165, 1.54) is 0 Å². The lowest BCUT2D eigenvalue weighted by Crippen LogP contribution is -2.31. The van der Waals surface area contributed by atoms with Crippen LogP contribution in [-0.4, -0.2) is 35.4 Å². The summed E-state index contributed by atoms with van der Waals surface area (Å²) in [5.41, 5.74) is 7.03. The minimum absolute atomic E-state index is 0.0574. The Morgan fingerprint density at radius 3 is 2.92 bits per heavy atom. The van der Waals surface area contributed by atoms with E-state index in [2.05, 4.69) is 21.0 Å². The number of aromatic nitrogens is 2. The summed E-state index contributed by atoms with van der Waals surface area (Å²) in [5, 5.41) is 9.50. The molecule has 1 saturated heterocycles. The fourth-order valence-corrected chi connectivity index (χ4v) is 3.04. The van der Waals surface area contributed by atoms with Crippen molar-refractivity contribution in [3.8, 4) is 6.07 Å². The van der Waals surface area contributed by atoms with Crippen LogP contribution in [0.3, 0.4) is 0 Å². The molecule has 126 valence electrons. The van der Waals surface area contributed by atoms with Crippen LogP contribution in [-0.2, 0) is 4.74 Å². The molecule has 3 rings (SSSR count). The van der Waals surface area contributed by atoms with Gasteiger partial charge in [-0.1, -0.05) is 0 Å². The Balaban J connectivity index is 1.81. The van der Waals surface area contributed by atoms with E-state index in [1.807, 2.05) is 6.08 Å². The number of ether oxygens (including phenoxy) is 1. The maximum absolute atomic E-state index is 14.0. The normalized spacial score (nSPS) is 22.0. The standard InChI is InChI=1S/C17H20FN5O/c18-14-9-21-16(20)23-15(14)12-2-1-3-13(8-12)22-11-17(10-19)4-6-24-7-5-17/h8-9H,1-7,11H2,(H2,20,21,23). The summed E-state index contributed by atoms with van der Waals surface area (Å²) in [6.45, 7) is 1.66. The zero-order valence-corrected chi connectivity index (χ0v) is 13.5. The van der Waals surface area contributed by atoms with Crippen LogP contribution in [0.15, 0.2) is 17.3 Å². The zero-order valence-electron chi connectivity index (χ0n) is 13.5. The Kier molecular flexibility index (Phi) is 4.86. The number of nitrogens with zero attached hydrogens (tertiary/aromatic N) is 4. The van der Waals surface area contributed by atoms with E-state index in [9.17, 15) is 9.65 Å². The zero-order chi connectivity index (χ0) is 17.0. The molecule has 2 heterocycles. The quantitative estimate of drug-likeness (QED) is 0.919. The van der Waals surface area contributed by atoms with E-state index in [0.717, 1.165) is 36.7 Å². The van der Waals surface area contributed by atoms with Crippen LogP contribution in [0, 0.1) is 22.6 Å². The number of nitrogens with two attached hydrogens (primary N) is 1. The maximum Gasteiger partial charge on any atom is 0.220 e. The van der Waals surface area contributed by atoms with Gasteiger partial charge in [0.15, 0.2) is 5.82 Å². The summed E-state index contributed by atoms with van der Waals surface area (Å²) in [5.74, 6) is -0.420. The highest BCUT2D eigenvalue weighted by Gasteiger charge is 2.32. The second-order valence-corrected chi connectivity index (χ2v) is 6.26. The van der Waals surface area contributed by atoms with E-state index < -0.39 is 11.2 Å². The van der Waals surface area contributed by atoms with E-state index in [4.69, 9.17) is 10.5 Å². The summed E-state index contributed by atoms with van der Waals surface area (Å²) < 4.78 is 19.3. The molecule has 1 aromatic rings. The molecular weight excluding hydrogens is 309 g/mol. The van der Waals surface area contributed by atoms with E-state index in [1.54, 1.807) is 0 Å². The second-order valence-electron chi connectivity index (χ2n) is 6.26. The van der Waals surface area contributed by atoms with E-state index >= 15 is 0 Å². The monoisotopic (exact) mass is 329 g/mol. The van der Waals surface area contributed by atoms with E-state index in [-0.39, 0.29) is 11.6 Å². The van der Waals surface area contributed by atoms with Crippen molar-refractivity contribution in [1.82, 2.24) is 9.97 Å². The number of allylic oxidation sites excluding steroid dienone is 2. The van der Waals surface area contributed by atoms with Crippen LogP contribution in [0.2, 0.25) is 0 Å². The van der Waals surface area contributed by atoms with Gasteiger partial charge in [-0.15, -0.1) is 0 Å². The average Bonchev–Trinajstić information content (AvgIpc) is 2.63. The molecule has 1 aliphatic heterocycles. The van der Waals surface area contributed by atoms with Crippen molar-refractivity contribution in [2.75, 3.05) is 25.5 Å². The smallest absolute Gasteiger partial charge is 0.220 e. The number of halogens is 1. The third-order valence-corrected chi connectivity index (χ3v) is 4.56. The van der Waals surface area contributed by atoms with Gasteiger partial charge in [0.1, 0.15) is 5.69 Å². The second kappa shape index (κ2) is 7.05. The SMILES string of the molecule is N#CC1(CN=C2C=C(c3nc(N)ncc3F)CCC2)CCOCC1. The van der Waals surface area contributed by atoms with Gasteiger partial charge >= 0.3 is 0 Å². The minimum atomic E-state index is -0.477. The summed E-state index contributed by atoms with van der Waals surface area (Å²) in [7, 11) is 0. The van der Waals surface area contributed by atoms with Crippen LogP contribution >= 0.6 is 0 Å². The molecule has 0 atom stereocenters. The predicted molar refractivity (Wildman–Crippen MR) is 88.6 cm³/mol. The third kappa shape index (κ3) is 3.60. The van der Waals surface area contributed by atoms with Crippen LogP contribution in [0.5, 0.6) is 0 Å². The molecule has 24 heavy (non-hydrogen) atoms. The molecule has 1 aromatic heterocycles. The van der Waals surface area contributed by atoms with Crippen LogP contribution < -0.4 is 5.73 Å². The molecule has 0 unspecified atom stereocenters. The molecule has 0 aromatic carbocycles. The Morgan fingerprint density at radius 1 is 1.38 bits per heavy atom. The van der Waals surface area contributed by atoms with Gasteiger partial charge in [-0.2, -0.15) is 5.26 Å². The van der Waals surface area contributed by atoms with Gasteiger partial charge in [0, 0.05) is 18.9 Å². The van der Waals surface area contributed by atoms with Gasteiger partial charge in [-0.25, -0.2) is 14.4 Å². The number of hydrogen-bond acceptors (Lipinski definition) is 6.